The first kappa shape index (κ1) is 12.0. The van der Waals surface area contributed by atoms with Gasteiger partial charge in [0.1, 0.15) is 5.75 Å². The smallest absolute Gasteiger partial charge is 0.115 e. The third-order valence-electron chi connectivity index (χ3n) is 4.37. The molecule has 1 aromatic carbocycles. The number of hydrogen-bond acceptors (Lipinski definition) is 3. The monoisotopic (exact) mass is 247 g/mol. The molecule has 2 N–H and O–H groups in total. The largest absolute Gasteiger partial charge is 0.508 e. The van der Waals surface area contributed by atoms with Gasteiger partial charge in [0, 0.05) is 19.1 Å². The Morgan fingerprint density at radius 3 is 2.89 bits per heavy atom. The number of aliphatic hydroxyl groups excluding tert-OH is 1. The van der Waals surface area contributed by atoms with Gasteiger partial charge in [-0.3, -0.25) is 4.90 Å². The Bertz CT molecular complexity index is 433. The van der Waals surface area contributed by atoms with E-state index in [1.165, 1.54) is 17.5 Å². The predicted molar refractivity (Wildman–Crippen MR) is 70.5 cm³/mol. The van der Waals surface area contributed by atoms with Crippen molar-refractivity contribution in [2.75, 3.05) is 6.54 Å². The van der Waals surface area contributed by atoms with Gasteiger partial charge in [-0.1, -0.05) is 6.07 Å². The van der Waals surface area contributed by atoms with Gasteiger partial charge in [0.05, 0.1) is 6.10 Å². The average molecular weight is 247 g/mol. The van der Waals surface area contributed by atoms with E-state index in [4.69, 9.17) is 0 Å². The van der Waals surface area contributed by atoms with Gasteiger partial charge in [-0.25, -0.2) is 0 Å². The Morgan fingerprint density at radius 1 is 1.17 bits per heavy atom. The summed E-state index contributed by atoms with van der Waals surface area (Å²) in [4.78, 5) is 2.50. The SMILES string of the molecule is Oc1ccc2c(c1)CCN(C1CCCC(O)C1)C2. The van der Waals surface area contributed by atoms with Crippen molar-refractivity contribution in [2.24, 2.45) is 0 Å². The van der Waals surface area contributed by atoms with Gasteiger partial charge in [0.2, 0.25) is 0 Å². The molecule has 2 atom stereocenters. The first-order valence-electron chi connectivity index (χ1n) is 6.95. The molecule has 98 valence electrons. The molecule has 2 unspecified atom stereocenters. The lowest BCUT2D eigenvalue weighted by Gasteiger charge is -2.39. The summed E-state index contributed by atoms with van der Waals surface area (Å²) in [7, 11) is 0. The highest BCUT2D eigenvalue weighted by atomic mass is 16.3. The van der Waals surface area contributed by atoms with E-state index in [9.17, 15) is 10.2 Å². The van der Waals surface area contributed by atoms with Crippen LogP contribution in [0.25, 0.3) is 0 Å². The molecule has 1 aliphatic heterocycles. The van der Waals surface area contributed by atoms with Crippen LogP contribution in [-0.2, 0) is 13.0 Å². The number of aliphatic hydroxyl groups is 1. The summed E-state index contributed by atoms with van der Waals surface area (Å²) < 4.78 is 0. The molecule has 1 aliphatic carbocycles. The van der Waals surface area contributed by atoms with Crippen molar-refractivity contribution in [1.82, 2.24) is 4.90 Å². The number of rotatable bonds is 1. The van der Waals surface area contributed by atoms with Crippen molar-refractivity contribution in [3.8, 4) is 5.75 Å². The Morgan fingerprint density at radius 2 is 2.06 bits per heavy atom. The number of phenols is 1. The fourth-order valence-corrected chi connectivity index (χ4v) is 3.34. The summed E-state index contributed by atoms with van der Waals surface area (Å²) in [5, 5.41) is 19.3. The summed E-state index contributed by atoms with van der Waals surface area (Å²) in [6.45, 7) is 2.01. The van der Waals surface area contributed by atoms with Crippen LogP contribution in [0.15, 0.2) is 18.2 Å². The van der Waals surface area contributed by atoms with E-state index in [1.807, 2.05) is 12.1 Å². The van der Waals surface area contributed by atoms with Gasteiger partial charge in [-0.2, -0.15) is 0 Å². The van der Waals surface area contributed by atoms with Gasteiger partial charge < -0.3 is 10.2 Å². The molecule has 0 saturated heterocycles. The van der Waals surface area contributed by atoms with Gasteiger partial charge in [-0.15, -0.1) is 0 Å². The van der Waals surface area contributed by atoms with Crippen LogP contribution >= 0.6 is 0 Å². The average Bonchev–Trinajstić information content (AvgIpc) is 2.38. The zero-order chi connectivity index (χ0) is 12.5. The van der Waals surface area contributed by atoms with E-state index < -0.39 is 0 Å². The predicted octanol–water partition coefficient (Wildman–Crippen LogP) is 2.05. The molecule has 0 amide bonds. The lowest BCUT2D eigenvalue weighted by Crippen LogP contribution is -2.42. The summed E-state index contributed by atoms with van der Waals surface area (Å²) in [5.41, 5.74) is 2.61. The Balaban J connectivity index is 1.72. The first-order chi connectivity index (χ1) is 8.72. The molecule has 2 aliphatic rings. The second kappa shape index (κ2) is 4.90. The first-order valence-corrected chi connectivity index (χ1v) is 6.95. The summed E-state index contributed by atoms with van der Waals surface area (Å²) in [6.07, 6.45) is 5.15. The van der Waals surface area contributed by atoms with Gasteiger partial charge in [-0.05, 0) is 55.4 Å². The van der Waals surface area contributed by atoms with Crippen LogP contribution in [0.4, 0.5) is 0 Å². The van der Waals surface area contributed by atoms with Crippen molar-refractivity contribution < 1.29 is 10.2 Å². The number of fused-ring (bicyclic) bond motifs is 1. The van der Waals surface area contributed by atoms with Crippen LogP contribution in [-0.4, -0.2) is 33.8 Å². The normalized spacial score (nSPS) is 28.9. The molecule has 3 heteroatoms. The summed E-state index contributed by atoms with van der Waals surface area (Å²) in [5.74, 6) is 0.371. The number of benzene rings is 1. The van der Waals surface area contributed by atoms with Crippen molar-refractivity contribution in [2.45, 2.75) is 50.8 Å². The Hall–Kier alpha value is -1.06. The highest BCUT2D eigenvalue weighted by Gasteiger charge is 2.28. The fraction of sp³-hybridized carbons (Fsp3) is 0.600. The molecule has 0 spiro atoms. The van der Waals surface area contributed by atoms with E-state index in [1.54, 1.807) is 6.07 Å². The van der Waals surface area contributed by atoms with Crippen molar-refractivity contribution >= 4 is 0 Å². The maximum absolute atomic E-state index is 9.78. The van der Waals surface area contributed by atoms with E-state index in [-0.39, 0.29) is 6.10 Å². The molecule has 1 saturated carbocycles. The summed E-state index contributed by atoms with van der Waals surface area (Å²) >= 11 is 0. The highest BCUT2D eigenvalue weighted by molar-refractivity contribution is 5.36. The van der Waals surface area contributed by atoms with Gasteiger partial charge in [0.15, 0.2) is 0 Å². The molecule has 0 aromatic heterocycles. The highest BCUT2D eigenvalue weighted by Crippen LogP contribution is 2.29. The number of aromatic hydroxyl groups is 1. The molecule has 1 aromatic rings. The third-order valence-corrected chi connectivity index (χ3v) is 4.37. The van der Waals surface area contributed by atoms with Crippen LogP contribution in [0.1, 0.15) is 36.8 Å². The molecule has 1 fully saturated rings. The van der Waals surface area contributed by atoms with E-state index in [0.29, 0.717) is 11.8 Å². The minimum absolute atomic E-state index is 0.107. The quantitative estimate of drug-likeness (QED) is 0.798. The minimum atomic E-state index is -0.107. The van der Waals surface area contributed by atoms with Crippen LogP contribution in [0.2, 0.25) is 0 Å². The van der Waals surface area contributed by atoms with Crippen LogP contribution in [0.5, 0.6) is 5.75 Å². The molecule has 0 bridgehead atoms. The van der Waals surface area contributed by atoms with Gasteiger partial charge >= 0.3 is 0 Å². The molecular formula is C15H21NO2. The number of nitrogens with zero attached hydrogens (tertiary/aromatic N) is 1. The van der Waals surface area contributed by atoms with E-state index in [2.05, 4.69) is 4.90 Å². The molecule has 3 nitrogen and oxygen atoms in total. The van der Waals surface area contributed by atoms with Crippen molar-refractivity contribution in [1.29, 1.82) is 0 Å². The third kappa shape index (κ3) is 2.38. The maximum atomic E-state index is 9.78. The molecule has 1 heterocycles. The zero-order valence-corrected chi connectivity index (χ0v) is 10.7. The standard InChI is InChI=1S/C15H21NO2/c17-14-3-1-2-13(9-14)16-7-6-11-8-15(18)5-4-12(11)10-16/h4-5,8,13-14,17-18H,1-3,6-7,9-10H2. The second-order valence-electron chi connectivity index (χ2n) is 5.65. The van der Waals surface area contributed by atoms with Crippen LogP contribution in [0.3, 0.4) is 0 Å². The van der Waals surface area contributed by atoms with Crippen LogP contribution < -0.4 is 0 Å². The number of phenolic OH excluding ortho intramolecular Hbond substituents is 1. The van der Waals surface area contributed by atoms with Crippen LogP contribution in [0, 0.1) is 0 Å². The Kier molecular flexibility index (Phi) is 3.27. The molecule has 18 heavy (non-hydrogen) atoms. The lowest BCUT2D eigenvalue weighted by atomic mass is 9.89. The minimum Gasteiger partial charge on any atom is -0.508 e. The molecular weight excluding hydrogens is 226 g/mol. The second-order valence-corrected chi connectivity index (χ2v) is 5.65. The van der Waals surface area contributed by atoms with Crippen molar-refractivity contribution in [3.63, 3.8) is 0 Å². The molecule has 0 radical (unpaired) electrons. The maximum Gasteiger partial charge on any atom is 0.115 e. The number of hydrogen-bond donors (Lipinski definition) is 2. The topological polar surface area (TPSA) is 43.7 Å². The molecule has 3 rings (SSSR count). The fourth-order valence-electron chi connectivity index (χ4n) is 3.34. The summed E-state index contributed by atoms with van der Waals surface area (Å²) in [6, 6.07) is 6.24. The zero-order valence-electron chi connectivity index (χ0n) is 10.7. The van der Waals surface area contributed by atoms with E-state index >= 15 is 0 Å². The Labute approximate surface area is 108 Å². The van der Waals surface area contributed by atoms with Gasteiger partial charge in [0.25, 0.3) is 0 Å². The van der Waals surface area contributed by atoms with Crippen molar-refractivity contribution in [3.05, 3.63) is 29.3 Å². The lowest BCUT2D eigenvalue weighted by molar-refractivity contribution is 0.0556. The van der Waals surface area contributed by atoms with E-state index in [0.717, 1.165) is 38.8 Å².